The lowest BCUT2D eigenvalue weighted by Gasteiger charge is -2.43. The first-order chi connectivity index (χ1) is 37.0. The van der Waals surface area contributed by atoms with Crippen LogP contribution in [0.15, 0.2) is 158 Å². The standard InChI is InChI=1S/C34H38N4O8.C24H22N4O4/c1-33(2,3)45-31(43)37(32(44)46-34(4,5)6)25-20-21(17-18-35-25)19-24-27(29(40)41)38(28(24)39)30(42)36-26(22-13-9-7-10-14-22)23-15-11-8-12-16-23;25-19-14-15(11-12-26-19)13-18-21(23(30)31)28(22(18)29)24(32)27-20(16-7-3-1-4-8-16)17-9-5-2-6-10-17/h7-18,20,24,26-27H,19H2,1-6H3,(H,36,42)(H,40,41);1-12,14,18,20-21H,13H2,(H2,25,26)(H,27,32)(H,30,31)/t24-,27+;18-,21+/m11/s1. The molecule has 2 saturated heterocycles. The summed E-state index contributed by atoms with van der Waals surface area (Å²) in [6.45, 7) is 9.83. The average molecular weight is 1060 g/mol. The quantitative estimate of drug-likeness (QED) is 0.0680. The second kappa shape index (κ2) is 24.0. The molecule has 0 spiro atoms. The normalized spacial score (nSPS) is 16.9. The SMILES string of the molecule is CC(C)(C)OC(=O)N(C(=O)OC(C)(C)C)c1cc(C[C@H]2C(=O)N(C(=O)NC(c3ccccc3)c3ccccc3)[C@@H]2C(=O)O)ccn1.Nc1cc(C[C@H]2C(=O)N(C(=O)NC(c3ccccc3)c3ccccc3)[C@@H]2C(=O)O)ccn1. The third-order valence-electron chi connectivity index (χ3n) is 12.4. The van der Waals surface area contributed by atoms with Crippen LogP contribution < -0.4 is 21.3 Å². The number of aliphatic carboxylic acids is 2. The molecule has 404 valence electrons. The van der Waals surface area contributed by atoms with Crippen LogP contribution in [0.4, 0.5) is 30.8 Å². The number of imide groups is 3. The van der Waals surface area contributed by atoms with Crippen molar-refractivity contribution in [3.63, 3.8) is 0 Å². The molecule has 0 radical (unpaired) electrons. The van der Waals surface area contributed by atoms with Gasteiger partial charge in [0.05, 0.1) is 23.9 Å². The number of amides is 8. The summed E-state index contributed by atoms with van der Waals surface area (Å²) in [5.74, 6) is -5.61. The maximum Gasteiger partial charge on any atom is 0.425 e. The molecule has 8 rings (SSSR count). The average Bonchev–Trinajstić information content (AvgIpc) is 3.38. The van der Waals surface area contributed by atoms with Crippen molar-refractivity contribution in [3.8, 4) is 0 Å². The number of carbonyl (C=O) groups excluding carboxylic acids is 6. The molecular weight excluding hydrogens is 1000 g/mol. The first-order valence-electron chi connectivity index (χ1n) is 24.8. The third-order valence-corrected chi connectivity index (χ3v) is 12.4. The van der Waals surface area contributed by atoms with Crippen molar-refractivity contribution < 1.29 is 58.0 Å². The van der Waals surface area contributed by atoms with Crippen molar-refractivity contribution in [2.24, 2.45) is 11.8 Å². The molecule has 6 aromatic rings. The van der Waals surface area contributed by atoms with Crippen molar-refractivity contribution >= 4 is 59.6 Å². The second-order valence-electron chi connectivity index (χ2n) is 20.4. The molecule has 2 aliphatic heterocycles. The Morgan fingerprint density at radius 2 is 0.885 bits per heavy atom. The molecular formula is C58H60N8O12. The molecule has 78 heavy (non-hydrogen) atoms. The van der Waals surface area contributed by atoms with Gasteiger partial charge < -0.3 is 36.1 Å². The van der Waals surface area contributed by atoms with E-state index in [0.29, 0.717) is 20.9 Å². The minimum Gasteiger partial charge on any atom is -0.480 e. The lowest BCUT2D eigenvalue weighted by molar-refractivity contribution is -0.165. The lowest BCUT2D eigenvalue weighted by Crippen LogP contribution is -2.68. The molecule has 20 nitrogen and oxygen atoms in total. The number of nitrogens with one attached hydrogen (secondary N) is 2. The topological polar surface area (TPSA) is 281 Å². The Balaban J connectivity index is 0.000000241. The van der Waals surface area contributed by atoms with E-state index in [1.807, 2.05) is 121 Å². The highest BCUT2D eigenvalue weighted by Crippen LogP contribution is 2.35. The Hall–Kier alpha value is -9.46. The molecule has 2 aromatic heterocycles. The van der Waals surface area contributed by atoms with Gasteiger partial charge in [0, 0.05) is 12.4 Å². The number of rotatable bonds is 13. The van der Waals surface area contributed by atoms with Gasteiger partial charge in [-0.1, -0.05) is 121 Å². The first kappa shape index (κ1) is 56.3. The van der Waals surface area contributed by atoms with Crippen LogP contribution in [-0.2, 0) is 41.5 Å². The number of nitrogen functional groups attached to an aromatic ring is 1. The van der Waals surface area contributed by atoms with Crippen molar-refractivity contribution in [2.45, 2.75) is 89.8 Å². The van der Waals surface area contributed by atoms with E-state index in [0.717, 1.165) is 27.2 Å². The van der Waals surface area contributed by atoms with Crippen molar-refractivity contribution in [1.82, 2.24) is 30.4 Å². The van der Waals surface area contributed by atoms with Gasteiger partial charge in [0.1, 0.15) is 22.8 Å². The summed E-state index contributed by atoms with van der Waals surface area (Å²) in [6.07, 6.45) is 0.824. The Labute approximate surface area is 450 Å². The van der Waals surface area contributed by atoms with Gasteiger partial charge in [-0.3, -0.25) is 9.59 Å². The summed E-state index contributed by atoms with van der Waals surface area (Å²) in [7, 11) is 0. The van der Waals surface area contributed by atoms with E-state index in [4.69, 9.17) is 15.2 Å². The number of β-lactam (4-membered cyclic amide) rings is 2. The number of pyridine rings is 2. The fraction of sp³-hybridized carbons (Fsp3) is 0.276. The second-order valence-corrected chi connectivity index (χ2v) is 20.4. The van der Waals surface area contributed by atoms with Crippen LogP contribution in [0.1, 0.15) is 87.0 Å². The van der Waals surface area contributed by atoms with Gasteiger partial charge in [-0.2, -0.15) is 4.90 Å². The highest BCUT2D eigenvalue weighted by atomic mass is 16.6. The number of nitrogens with zero attached hydrogens (tertiary/aromatic N) is 5. The number of likely N-dealkylation sites (tertiary alicyclic amines) is 2. The molecule has 2 fully saturated rings. The molecule has 4 heterocycles. The number of aromatic nitrogens is 2. The van der Waals surface area contributed by atoms with Crippen LogP contribution in [0.5, 0.6) is 0 Å². The van der Waals surface area contributed by atoms with E-state index in [1.165, 1.54) is 24.5 Å². The number of carboxylic acid groups (broad SMARTS) is 2. The van der Waals surface area contributed by atoms with E-state index >= 15 is 0 Å². The Kier molecular flexibility index (Phi) is 17.3. The van der Waals surface area contributed by atoms with Gasteiger partial charge in [0.2, 0.25) is 11.8 Å². The highest BCUT2D eigenvalue weighted by Gasteiger charge is 2.56. The smallest absolute Gasteiger partial charge is 0.425 e. The van der Waals surface area contributed by atoms with Crippen LogP contribution in [0.25, 0.3) is 0 Å². The zero-order chi connectivity index (χ0) is 56.5. The third kappa shape index (κ3) is 13.7. The Bertz CT molecular complexity index is 3050. The minimum absolute atomic E-state index is 0.105. The van der Waals surface area contributed by atoms with Gasteiger partial charge in [-0.15, -0.1) is 0 Å². The van der Waals surface area contributed by atoms with Crippen LogP contribution in [0.2, 0.25) is 0 Å². The van der Waals surface area contributed by atoms with Crippen LogP contribution in [-0.4, -0.2) is 101 Å². The number of benzene rings is 4. The molecule has 0 saturated carbocycles. The van der Waals surface area contributed by atoms with E-state index in [9.17, 15) is 48.6 Å². The predicted molar refractivity (Wildman–Crippen MR) is 285 cm³/mol. The van der Waals surface area contributed by atoms with Crippen LogP contribution >= 0.6 is 0 Å². The lowest BCUT2D eigenvalue weighted by atomic mass is 9.82. The predicted octanol–water partition coefficient (Wildman–Crippen LogP) is 8.33. The highest BCUT2D eigenvalue weighted by molar-refractivity contribution is 6.10. The van der Waals surface area contributed by atoms with Crippen LogP contribution in [0, 0.1) is 11.8 Å². The number of nitrogens with two attached hydrogens (primary N) is 1. The van der Waals surface area contributed by atoms with Gasteiger partial charge in [-0.25, -0.2) is 48.5 Å². The van der Waals surface area contributed by atoms with Crippen molar-refractivity contribution in [3.05, 3.63) is 191 Å². The number of carboxylic acids is 2. The minimum atomic E-state index is -1.45. The molecule has 0 aliphatic carbocycles. The van der Waals surface area contributed by atoms with Gasteiger partial charge in [-0.05, 0) is 112 Å². The number of anilines is 2. The summed E-state index contributed by atoms with van der Waals surface area (Å²) in [4.78, 5) is 113. The molecule has 0 bridgehead atoms. The van der Waals surface area contributed by atoms with E-state index in [2.05, 4.69) is 20.6 Å². The molecule has 6 N–H and O–H groups in total. The van der Waals surface area contributed by atoms with Crippen molar-refractivity contribution in [1.29, 1.82) is 0 Å². The summed E-state index contributed by atoms with van der Waals surface area (Å²) >= 11 is 0. The van der Waals surface area contributed by atoms with Crippen molar-refractivity contribution in [2.75, 3.05) is 10.6 Å². The van der Waals surface area contributed by atoms with E-state index in [1.54, 1.807) is 53.7 Å². The molecule has 8 amide bonds. The number of hydrogen-bond acceptors (Lipinski definition) is 13. The van der Waals surface area contributed by atoms with Gasteiger partial charge >= 0.3 is 36.2 Å². The van der Waals surface area contributed by atoms with Crippen LogP contribution in [0.3, 0.4) is 0 Å². The number of urea groups is 2. The Morgan fingerprint density at radius 3 is 1.21 bits per heavy atom. The largest absolute Gasteiger partial charge is 0.480 e. The Morgan fingerprint density at radius 1 is 0.551 bits per heavy atom. The summed E-state index contributed by atoms with van der Waals surface area (Å²) < 4.78 is 10.8. The van der Waals surface area contributed by atoms with E-state index in [-0.39, 0.29) is 24.5 Å². The van der Waals surface area contributed by atoms with Gasteiger partial charge in [0.15, 0.2) is 12.1 Å². The number of carbonyl (C=O) groups is 8. The van der Waals surface area contributed by atoms with E-state index < -0.39 is 95.2 Å². The number of hydrogen-bond donors (Lipinski definition) is 5. The summed E-state index contributed by atoms with van der Waals surface area (Å²) in [6, 6.07) is 37.5. The zero-order valence-corrected chi connectivity index (χ0v) is 43.7. The fourth-order valence-corrected chi connectivity index (χ4v) is 8.92. The number of ether oxygens (including phenoxy) is 2. The fourth-order valence-electron chi connectivity index (χ4n) is 8.92. The first-order valence-corrected chi connectivity index (χ1v) is 24.8. The molecule has 4 aromatic carbocycles. The van der Waals surface area contributed by atoms with Gasteiger partial charge in [0.25, 0.3) is 0 Å². The zero-order valence-electron chi connectivity index (χ0n) is 43.7. The maximum absolute atomic E-state index is 13.4. The summed E-state index contributed by atoms with van der Waals surface area (Å²) in [5.41, 5.74) is 8.02. The molecule has 4 atom stereocenters. The molecule has 0 unspecified atom stereocenters. The molecule has 2 aliphatic rings. The maximum atomic E-state index is 13.4. The summed E-state index contributed by atoms with van der Waals surface area (Å²) in [5, 5.41) is 25.5. The molecule has 20 heteroatoms. The monoisotopic (exact) mass is 1060 g/mol.